The molecule has 12 heteroatoms. The van der Waals surface area contributed by atoms with Gasteiger partial charge in [0.15, 0.2) is 12.1 Å². The minimum Gasteiger partial charge on any atom is -0.481 e. The van der Waals surface area contributed by atoms with Crippen LogP contribution in [-0.4, -0.2) is 48.0 Å². The summed E-state index contributed by atoms with van der Waals surface area (Å²) in [7, 11) is 1.47. The van der Waals surface area contributed by atoms with Crippen molar-refractivity contribution in [1.82, 2.24) is 20.6 Å². The monoisotopic (exact) mass is 617 g/mol. The van der Waals surface area contributed by atoms with Gasteiger partial charge in [0.1, 0.15) is 6.61 Å². The summed E-state index contributed by atoms with van der Waals surface area (Å²) in [6.45, 7) is 2.06. The van der Waals surface area contributed by atoms with Crippen LogP contribution in [0.2, 0.25) is 5.02 Å². The summed E-state index contributed by atoms with van der Waals surface area (Å²) in [6, 6.07) is 15.1. The van der Waals surface area contributed by atoms with Crippen LogP contribution in [0.25, 0.3) is 22.5 Å². The largest absolute Gasteiger partial charge is 0.481 e. The van der Waals surface area contributed by atoms with E-state index in [4.69, 9.17) is 21.1 Å². The van der Waals surface area contributed by atoms with Crippen LogP contribution in [-0.2, 0) is 16.1 Å². The standard InChI is InChI=1S/C32H29ClFN5O5/c1-18-22(6-4-7-24(18)38-26-8-3-5-19(16-40)29(26)34)30-28(33)23(13-14-35-30)25-11-9-20(31(39-25)43-2)17-44-32(42)36-15-21-10-12-27(41)37-21/h3-9,11,13-14,16,21,38H,10,12,15,17H2,1-2H3,(H,36,42)(H,37,41)/t21-/m0/s1. The number of aldehydes is 1. The number of amides is 2. The fraction of sp³-hybridized carbons (Fsp3) is 0.219. The number of benzene rings is 2. The van der Waals surface area contributed by atoms with E-state index in [2.05, 4.69) is 25.9 Å². The minimum atomic E-state index is -0.640. The Bertz CT molecular complexity index is 1730. The van der Waals surface area contributed by atoms with E-state index in [1.807, 2.05) is 13.0 Å². The summed E-state index contributed by atoms with van der Waals surface area (Å²) in [5.41, 5.74) is 4.39. The van der Waals surface area contributed by atoms with Crippen molar-refractivity contribution in [3.63, 3.8) is 0 Å². The molecule has 0 radical (unpaired) electrons. The highest BCUT2D eigenvalue weighted by Gasteiger charge is 2.22. The molecule has 0 bridgehead atoms. The summed E-state index contributed by atoms with van der Waals surface area (Å²) >= 11 is 6.90. The maximum Gasteiger partial charge on any atom is 0.407 e. The third-order valence-corrected chi connectivity index (χ3v) is 7.63. The molecule has 10 nitrogen and oxygen atoms in total. The zero-order chi connectivity index (χ0) is 31.2. The second-order valence-electron chi connectivity index (χ2n) is 10.1. The van der Waals surface area contributed by atoms with Gasteiger partial charge in [-0.2, -0.15) is 0 Å². The predicted octanol–water partition coefficient (Wildman–Crippen LogP) is 5.98. The second kappa shape index (κ2) is 13.5. The Hall–Kier alpha value is -5.03. The summed E-state index contributed by atoms with van der Waals surface area (Å²) in [5.74, 6) is -0.410. The van der Waals surface area contributed by atoms with E-state index in [1.165, 1.54) is 13.2 Å². The number of anilines is 2. The van der Waals surface area contributed by atoms with Crippen molar-refractivity contribution in [2.24, 2.45) is 0 Å². The van der Waals surface area contributed by atoms with Crippen LogP contribution in [0.15, 0.2) is 60.8 Å². The fourth-order valence-corrected chi connectivity index (χ4v) is 5.19. The Labute approximate surface area is 258 Å². The molecule has 1 atom stereocenters. The normalized spacial score (nSPS) is 14.1. The lowest BCUT2D eigenvalue weighted by molar-refractivity contribution is -0.119. The number of pyridine rings is 2. The second-order valence-corrected chi connectivity index (χ2v) is 10.5. The minimum absolute atomic E-state index is 0.0297. The number of nitrogens with zero attached hydrogens (tertiary/aromatic N) is 2. The van der Waals surface area contributed by atoms with Crippen LogP contribution >= 0.6 is 11.6 Å². The average Bonchev–Trinajstić information content (AvgIpc) is 3.46. The zero-order valence-corrected chi connectivity index (χ0v) is 24.7. The van der Waals surface area contributed by atoms with Gasteiger partial charge >= 0.3 is 6.09 Å². The van der Waals surface area contributed by atoms with E-state index < -0.39 is 11.9 Å². The third kappa shape index (κ3) is 6.63. The Morgan fingerprint density at radius 3 is 2.68 bits per heavy atom. The summed E-state index contributed by atoms with van der Waals surface area (Å²) < 4.78 is 25.5. The molecule has 3 heterocycles. The van der Waals surface area contributed by atoms with Gasteiger partial charge in [0.05, 0.1) is 40.3 Å². The number of halogens is 2. The lowest BCUT2D eigenvalue weighted by atomic mass is 10.0. The van der Waals surface area contributed by atoms with Gasteiger partial charge in [-0.05, 0) is 55.3 Å². The SMILES string of the molecule is COc1nc(-c2ccnc(-c3cccc(Nc4cccc(C=O)c4F)c3C)c2Cl)ccc1COC(=O)NC[C@@H]1CCC(=O)N1. The molecule has 0 aliphatic carbocycles. The van der Waals surface area contributed by atoms with Crippen LogP contribution in [0.4, 0.5) is 20.6 Å². The van der Waals surface area contributed by atoms with Crippen molar-refractivity contribution in [3.05, 3.63) is 88.3 Å². The molecule has 1 fully saturated rings. The Balaban J connectivity index is 1.34. The maximum absolute atomic E-state index is 14.7. The van der Waals surface area contributed by atoms with Crippen LogP contribution in [0.5, 0.6) is 5.88 Å². The molecular weight excluding hydrogens is 589 g/mol. The topological polar surface area (TPSA) is 132 Å². The van der Waals surface area contributed by atoms with Crippen molar-refractivity contribution < 1.29 is 28.2 Å². The molecule has 1 aliphatic rings. The highest BCUT2D eigenvalue weighted by Crippen LogP contribution is 2.38. The smallest absolute Gasteiger partial charge is 0.407 e. The molecule has 226 valence electrons. The van der Waals surface area contributed by atoms with Crippen molar-refractivity contribution >= 4 is 41.3 Å². The first-order valence-electron chi connectivity index (χ1n) is 13.8. The van der Waals surface area contributed by atoms with Crippen molar-refractivity contribution in [3.8, 4) is 28.4 Å². The number of hydrogen-bond acceptors (Lipinski definition) is 8. The summed E-state index contributed by atoms with van der Waals surface area (Å²) in [4.78, 5) is 43.8. The number of alkyl carbamates (subject to hydrolysis) is 1. The van der Waals surface area contributed by atoms with Crippen LogP contribution in [0, 0.1) is 12.7 Å². The number of rotatable bonds is 10. The van der Waals surface area contributed by atoms with E-state index in [9.17, 15) is 18.8 Å². The number of hydrogen-bond donors (Lipinski definition) is 3. The Kier molecular flexibility index (Phi) is 9.35. The first kappa shape index (κ1) is 30.4. The summed E-state index contributed by atoms with van der Waals surface area (Å²) in [5, 5.41) is 8.84. The van der Waals surface area contributed by atoms with Gasteiger partial charge in [-0.3, -0.25) is 14.6 Å². The number of carbonyl (C=O) groups excluding carboxylic acids is 3. The van der Waals surface area contributed by atoms with Crippen LogP contribution < -0.4 is 20.7 Å². The molecule has 1 aliphatic heterocycles. The molecule has 2 aromatic carbocycles. The number of ether oxygens (including phenoxy) is 2. The van der Waals surface area contributed by atoms with Gasteiger partial charge in [0.25, 0.3) is 0 Å². The van der Waals surface area contributed by atoms with Gasteiger partial charge < -0.3 is 25.4 Å². The number of carbonyl (C=O) groups is 3. The number of nitrogens with one attached hydrogen (secondary N) is 3. The van der Waals surface area contributed by atoms with Crippen LogP contribution in [0.3, 0.4) is 0 Å². The quantitative estimate of drug-likeness (QED) is 0.185. The third-order valence-electron chi connectivity index (χ3n) is 7.25. The van der Waals surface area contributed by atoms with E-state index >= 15 is 0 Å². The summed E-state index contributed by atoms with van der Waals surface area (Å²) in [6.07, 6.45) is 2.58. The molecule has 2 aromatic heterocycles. The molecule has 4 aromatic rings. The van der Waals surface area contributed by atoms with Gasteiger partial charge in [0.2, 0.25) is 11.8 Å². The Morgan fingerprint density at radius 2 is 1.93 bits per heavy atom. The number of methoxy groups -OCH3 is 1. The molecule has 1 saturated heterocycles. The molecule has 0 spiro atoms. The fourth-order valence-electron chi connectivity index (χ4n) is 4.88. The maximum atomic E-state index is 14.7. The highest BCUT2D eigenvalue weighted by atomic mass is 35.5. The first-order chi connectivity index (χ1) is 21.3. The lowest BCUT2D eigenvalue weighted by Gasteiger charge is -2.16. The average molecular weight is 618 g/mol. The van der Waals surface area contributed by atoms with Gasteiger partial charge in [-0.25, -0.2) is 14.2 Å². The van der Waals surface area contributed by atoms with Gasteiger partial charge in [-0.15, -0.1) is 0 Å². The molecule has 44 heavy (non-hydrogen) atoms. The molecule has 5 rings (SSSR count). The number of aromatic nitrogens is 2. The van der Waals surface area contributed by atoms with E-state index in [1.54, 1.807) is 48.7 Å². The van der Waals surface area contributed by atoms with E-state index in [0.29, 0.717) is 57.9 Å². The molecule has 2 amide bonds. The van der Waals surface area contributed by atoms with E-state index in [-0.39, 0.29) is 42.2 Å². The molecule has 0 unspecified atom stereocenters. The zero-order valence-electron chi connectivity index (χ0n) is 23.9. The van der Waals surface area contributed by atoms with Gasteiger partial charge in [0, 0.05) is 42.0 Å². The van der Waals surface area contributed by atoms with Crippen molar-refractivity contribution in [2.75, 3.05) is 19.0 Å². The first-order valence-corrected chi connectivity index (χ1v) is 14.2. The van der Waals surface area contributed by atoms with Crippen molar-refractivity contribution in [1.29, 1.82) is 0 Å². The molecule has 0 saturated carbocycles. The van der Waals surface area contributed by atoms with Gasteiger partial charge in [-0.1, -0.05) is 29.8 Å². The highest BCUT2D eigenvalue weighted by molar-refractivity contribution is 6.35. The van der Waals surface area contributed by atoms with Crippen molar-refractivity contribution in [2.45, 2.75) is 32.4 Å². The van der Waals surface area contributed by atoms with Crippen LogP contribution in [0.1, 0.15) is 34.3 Å². The predicted molar refractivity (Wildman–Crippen MR) is 164 cm³/mol. The molecular formula is C32H29ClFN5O5. The van der Waals surface area contributed by atoms with E-state index in [0.717, 1.165) is 5.56 Å². The molecule has 3 N–H and O–H groups in total. The lowest BCUT2D eigenvalue weighted by Crippen LogP contribution is -2.38. The Morgan fingerprint density at radius 1 is 1.14 bits per heavy atom.